The van der Waals surface area contributed by atoms with Crippen molar-refractivity contribution in [3.05, 3.63) is 14.6 Å². The molecule has 0 aromatic carbocycles. The minimum atomic E-state index is 1.27. The summed E-state index contributed by atoms with van der Waals surface area (Å²) in [5, 5.41) is 0. The zero-order valence-corrected chi connectivity index (χ0v) is 6.78. The maximum Gasteiger partial charge on any atom is 0.0543 e. The van der Waals surface area contributed by atoms with Gasteiger partial charge in [0.1, 0.15) is 0 Å². The van der Waals surface area contributed by atoms with E-state index in [1.807, 2.05) is 6.20 Å². The van der Waals surface area contributed by atoms with Crippen LogP contribution in [-0.2, 0) is 0 Å². The number of hydrogen-bond donors (Lipinski definition) is 0. The minimum Gasteiger partial charge on any atom is -0.200 e. The van der Waals surface area contributed by atoms with Crippen molar-refractivity contribution in [1.29, 1.82) is 0 Å². The van der Waals surface area contributed by atoms with E-state index in [1.165, 1.54) is 8.45 Å². The average molecular weight is 225 g/mol. The van der Waals surface area contributed by atoms with Gasteiger partial charge in [-0.25, -0.2) is 0 Å². The first-order valence-corrected chi connectivity index (χ1v) is 3.72. The molecule has 1 aromatic heterocycles. The van der Waals surface area contributed by atoms with Crippen LogP contribution >= 0.6 is 34.1 Å². The largest absolute Gasteiger partial charge is 0.200 e. The van der Waals surface area contributed by atoms with E-state index >= 15 is 0 Å². The van der Waals surface area contributed by atoms with Crippen molar-refractivity contribution in [3.63, 3.8) is 0 Å². The van der Waals surface area contributed by atoms with Crippen LogP contribution < -0.4 is 0 Å². The highest BCUT2D eigenvalue weighted by molar-refractivity contribution is 14.1. The maximum absolute atomic E-state index is 3.96. The number of aryl methyl sites for hydroxylation is 1. The summed E-state index contributed by atoms with van der Waals surface area (Å²) in [6.45, 7) is 2.07. The summed E-state index contributed by atoms with van der Waals surface area (Å²) >= 11 is 3.81. The number of nitrogens with zero attached hydrogens (tertiary/aromatic N) is 1. The normalized spacial score (nSPS) is 9.43. The first kappa shape index (κ1) is 5.50. The molecule has 38 valence electrons. The summed E-state index contributed by atoms with van der Waals surface area (Å²) in [6.07, 6.45) is 1.88. The van der Waals surface area contributed by atoms with Gasteiger partial charge in [-0.15, -0.1) is 0 Å². The van der Waals surface area contributed by atoms with Crippen LogP contribution in [0.2, 0.25) is 0 Å². The van der Waals surface area contributed by atoms with Crippen LogP contribution in [0.25, 0.3) is 0 Å². The molecule has 0 fully saturated rings. The van der Waals surface area contributed by atoms with Crippen molar-refractivity contribution in [3.8, 4) is 0 Å². The Morgan fingerprint density at radius 1 is 1.86 bits per heavy atom. The molecule has 1 heterocycles. The second kappa shape index (κ2) is 2.09. The molecule has 1 rings (SSSR count). The van der Waals surface area contributed by atoms with Gasteiger partial charge in [-0.3, -0.25) is 0 Å². The Labute approximate surface area is 60.1 Å². The van der Waals surface area contributed by atoms with E-state index in [-0.39, 0.29) is 0 Å². The Balaban J connectivity index is 3.12. The molecule has 0 aliphatic carbocycles. The molecule has 1 aromatic rings. The molecule has 0 saturated carbocycles. The van der Waals surface area contributed by atoms with Crippen LogP contribution in [0.5, 0.6) is 0 Å². The van der Waals surface area contributed by atoms with Crippen LogP contribution in [-0.4, -0.2) is 4.37 Å². The highest BCUT2D eigenvalue weighted by Crippen LogP contribution is 2.12. The lowest BCUT2D eigenvalue weighted by atomic mass is 10.6. The second-order valence-electron chi connectivity index (χ2n) is 1.23. The topological polar surface area (TPSA) is 12.9 Å². The first-order valence-electron chi connectivity index (χ1n) is 1.87. The lowest BCUT2D eigenvalue weighted by Crippen LogP contribution is -1.59. The van der Waals surface area contributed by atoms with Gasteiger partial charge in [0, 0.05) is 8.45 Å². The quantitative estimate of drug-likeness (QED) is 0.616. The molecule has 1 nitrogen and oxygen atoms in total. The molecule has 0 atom stereocenters. The summed E-state index contributed by atoms with van der Waals surface area (Å²) < 4.78 is 5.22. The van der Waals surface area contributed by atoms with Crippen molar-refractivity contribution in [2.45, 2.75) is 6.92 Å². The molecule has 0 N–H and O–H groups in total. The van der Waals surface area contributed by atoms with Crippen LogP contribution in [0.1, 0.15) is 4.88 Å². The summed E-state index contributed by atoms with van der Waals surface area (Å²) in [7, 11) is 0. The lowest BCUT2D eigenvalue weighted by molar-refractivity contribution is 1.52. The molecule has 0 amide bonds. The fourth-order valence-corrected chi connectivity index (χ4v) is 1.37. The van der Waals surface area contributed by atoms with E-state index in [4.69, 9.17) is 0 Å². The third-order valence-electron chi connectivity index (χ3n) is 0.692. The smallest absolute Gasteiger partial charge is 0.0543 e. The van der Waals surface area contributed by atoms with Gasteiger partial charge in [0.05, 0.1) is 6.20 Å². The Hall–Kier alpha value is 0.360. The third kappa shape index (κ3) is 1.13. The predicted octanol–water partition coefficient (Wildman–Crippen LogP) is 2.06. The van der Waals surface area contributed by atoms with Crippen LogP contribution in [0.3, 0.4) is 0 Å². The second-order valence-corrected chi connectivity index (χ2v) is 3.40. The van der Waals surface area contributed by atoms with E-state index < -0.39 is 0 Å². The maximum atomic E-state index is 3.96. The summed E-state index contributed by atoms with van der Waals surface area (Å²) in [6, 6.07) is 0. The summed E-state index contributed by atoms with van der Waals surface area (Å²) in [4.78, 5) is 1.31. The molecule has 3 heteroatoms. The van der Waals surface area contributed by atoms with Crippen molar-refractivity contribution < 1.29 is 0 Å². The van der Waals surface area contributed by atoms with Gasteiger partial charge in [0.15, 0.2) is 0 Å². The van der Waals surface area contributed by atoms with Crippen LogP contribution in [0.4, 0.5) is 0 Å². The fourth-order valence-electron chi connectivity index (χ4n) is 0.286. The number of hydrogen-bond acceptors (Lipinski definition) is 2. The molecule has 0 aliphatic rings. The first-order chi connectivity index (χ1) is 3.30. The number of rotatable bonds is 0. The monoisotopic (exact) mass is 225 g/mol. The zero-order valence-electron chi connectivity index (χ0n) is 3.81. The summed E-state index contributed by atoms with van der Waals surface area (Å²) in [5.41, 5.74) is 0. The van der Waals surface area contributed by atoms with E-state index in [0.717, 1.165) is 0 Å². The van der Waals surface area contributed by atoms with Crippen molar-refractivity contribution in [2.24, 2.45) is 0 Å². The van der Waals surface area contributed by atoms with E-state index in [0.29, 0.717) is 0 Å². The highest BCUT2D eigenvalue weighted by atomic mass is 127. The van der Waals surface area contributed by atoms with Crippen molar-refractivity contribution in [2.75, 3.05) is 0 Å². The van der Waals surface area contributed by atoms with Gasteiger partial charge in [-0.2, -0.15) is 4.37 Å². The van der Waals surface area contributed by atoms with Gasteiger partial charge < -0.3 is 0 Å². The molecule has 0 spiro atoms. The van der Waals surface area contributed by atoms with E-state index in [2.05, 4.69) is 33.9 Å². The van der Waals surface area contributed by atoms with Gasteiger partial charge in [0.2, 0.25) is 0 Å². The Bertz CT molecular complexity index is 144. The standard InChI is InChI=1S/C4H4INS/c1-3-4(5)2-6-7-3/h2H,1H3. The van der Waals surface area contributed by atoms with Crippen molar-refractivity contribution in [1.82, 2.24) is 4.37 Å². The van der Waals surface area contributed by atoms with Gasteiger partial charge >= 0.3 is 0 Å². The Morgan fingerprint density at radius 2 is 2.57 bits per heavy atom. The molecule has 0 saturated heterocycles. The lowest BCUT2D eigenvalue weighted by Gasteiger charge is -1.74. The molecule has 0 bridgehead atoms. The molecule has 0 unspecified atom stereocenters. The van der Waals surface area contributed by atoms with E-state index in [1.54, 1.807) is 11.5 Å². The number of halogens is 1. The highest BCUT2D eigenvalue weighted by Gasteiger charge is 1.91. The van der Waals surface area contributed by atoms with Gasteiger partial charge in [-0.05, 0) is 41.0 Å². The van der Waals surface area contributed by atoms with E-state index in [9.17, 15) is 0 Å². The zero-order chi connectivity index (χ0) is 5.28. The molecule has 0 radical (unpaired) electrons. The molecular formula is C4H4INS. The van der Waals surface area contributed by atoms with Crippen molar-refractivity contribution >= 4 is 34.1 Å². The van der Waals surface area contributed by atoms with Crippen LogP contribution in [0.15, 0.2) is 6.20 Å². The summed E-state index contributed by atoms with van der Waals surface area (Å²) in [5.74, 6) is 0. The molecule has 7 heavy (non-hydrogen) atoms. The predicted molar refractivity (Wildman–Crippen MR) is 39.6 cm³/mol. The molecule has 0 aliphatic heterocycles. The van der Waals surface area contributed by atoms with Gasteiger partial charge in [0.25, 0.3) is 0 Å². The Morgan fingerprint density at radius 3 is 2.71 bits per heavy atom. The van der Waals surface area contributed by atoms with Crippen LogP contribution in [0, 0.1) is 10.5 Å². The molecular weight excluding hydrogens is 221 g/mol. The average Bonchev–Trinajstić information content (AvgIpc) is 1.91. The minimum absolute atomic E-state index is 1.27. The SMILES string of the molecule is Cc1sncc1I. The fraction of sp³-hybridized carbons (Fsp3) is 0.250. The third-order valence-corrected chi connectivity index (χ3v) is 2.85. The van der Waals surface area contributed by atoms with Gasteiger partial charge in [-0.1, -0.05) is 0 Å². The Kier molecular flexibility index (Phi) is 1.64. The number of aromatic nitrogens is 1.